The fourth-order valence-electron chi connectivity index (χ4n) is 3.05. The molecule has 0 radical (unpaired) electrons. The second-order valence-electron chi connectivity index (χ2n) is 6.53. The molecule has 1 N–H and O–H groups in total. The highest BCUT2D eigenvalue weighted by Crippen LogP contribution is 2.28. The zero-order chi connectivity index (χ0) is 17.6. The molecule has 1 saturated heterocycles. The molecule has 0 unspecified atom stereocenters. The van der Waals surface area contributed by atoms with Gasteiger partial charge in [0.25, 0.3) is 0 Å². The van der Waals surface area contributed by atoms with E-state index in [1.54, 1.807) is 23.1 Å². The Kier molecular flexibility index (Phi) is 5.68. The molecule has 2 aromatic carbocycles. The van der Waals surface area contributed by atoms with Crippen molar-refractivity contribution in [2.75, 3.05) is 44.7 Å². The van der Waals surface area contributed by atoms with Gasteiger partial charge in [0.1, 0.15) is 5.75 Å². The molecule has 5 heteroatoms. The summed E-state index contributed by atoms with van der Waals surface area (Å²) in [6, 6.07) is 16.9. The number of phenols is 1. The molecular weight excluding hydrogens is 314 g/mol. The van der Waals surface area contributed by atoms with E-state index >= 15 is 0 Å². The SMILES string of the molecule is CN1CCN(CC(=O)N(Cc2ccccc2)c2ccccc2O)CC1. The summed E-state index contributed by atoms with van der Waals surface area (Å²) in [5.41, 5.74) is 1.60. The van der Waals surface area contributed by atoms with E-state index in [-0.39, 0.29) is 11.7 Å². The highest BCUT2D eigenvalue weighted by atomic mass is 16.3. The number of piperazine rings is 1. The van der Waals surface area contributed by atoms with Crippen LogP contribution < -0.4 is 4.90 Å². The number of benzene rings is 2. The van der Waals surface area contributed by atoms with Gasteiger partial charge in [-0.3, -0.25) is 9.69 Å². The number of carbonyl (C=O) groups is 1. The maximum Gasteiger partial charge on any atom is 0.241 e. The van der Waals surface area contributed by atoms with Crippen LogP contribution in [0.3, 0.4) is 0 Å². The first-order valence-electron chi connectivity index (χ1n) is 8.66. The van der Waals surface area contributed by atoms with Crippen molar-refractivity contribution >= 4 is 11.6 Å². The van der Waals surface area contributed by atoms with Crippen molar-refractivity contribution in [3.8, 4) is 5.75 Å². The average molecular weight is 339 g/mol. The minimum Gasteiger partial charge on any atom is -0.506 e. The average Bonchev–Trinajstić information content (AvgIpc) is 2.63. The second kappa shape index (κ2) is 8.14. The topological polar surface area (TPSA) is 47.0 Å². The van der Waals surface area contributed by atoms with Crippen molar-refractivity contribution in [1.82, 2.24) is 9.80 Å². The molecule has 5 nitrogen and oxygen atoms in total. The van der Waals surface area contributed by atoms with Crippen molar-refractivity contribution in [2.45, 2.75) is 6.54 Å². The number of hydrogen-bond donors (Lipinski definition) is 1. The molecular formula is C20H25N3O2. The monoisotopic (exact) mass is 339 g/mol. The Morgan fingerprint density at radius 3 is 2.32 bits per heavy atom. The van der Waals surface area contributed by atoms with Gasteiger partial charge in [-0.25, -0.2) is 0 Å². The van der Waals surface area contributed by atoms with E-state index in [1.807, 2.05) is 36.4 Å². The first-order chi connectivity index (χ1) is 12.1. The van der Waals surface area contributed by atoms with Crippen LogP contribution in [0.25, 0.3) is 0 Å². The fourth-order valence-corrected chi connectivity index (χ4v) is 3.05. The Balaban J connectivity index is 1.78. The molecule has 0 bridgehead atoms. The van der Waals surface area contributed by atoms with Gasteiger partial charge in [-0.1, -0.05) is 42.5 Å². The van der Waals surface area contributed by atoms with Crippen LogP contribution in [0.15, 0.2) is 54.6 Å². The van der Waals surface area contributed by atoms with Gasteiger partial charge >= 0.3 is 0 Å². The van der Waals surface area contributed by atoms with Gasteiger partial charge in [-0.15, -0.1) is 0 Å². The number of nitrogens with zero attached hydrogens (tertiary/aromatic N) is 3. The zero-order valence-corrected chi connectivity index (χ0v) is 14.6. The van der Waals surface area contributed by atoms with Gasteiger partial charge in [-0.2, -0.15) is 0 Å². The largest absolute Gasteiger partial charge is 0.506 e. The van der Waals surface area contributed by atoms with Crippen LogP contribution in [-0.4, -0.2) is 60.6 Å². The first-order valence-corrected chi connectivity index (χ1v) is 8.66. The van der Waals surface area contributed by atoms with Crippen LogP contribution in [-0.2, 0) is 11.3 Å². The smallest absolute Gasteiger partial charge is 0.241 e. The highest BCUT2D eigenvalue weighted by molar-refractivity contribution is 5.96. The van der Waals surface area contributed by atoms with Crippen LogP contribution in [0.1, 0.15) is 5.56 Å². The standard InChI is InChI=1S/C20H25N3O2/c1-21-11-13-22(14-12-21)16-20(25)23(15-17-7-3-2-4-8-17)18-9-5-6-10-19(18)24/h2-10,24H,11-16H2,1H3. The summed E-state index contributed by atoms with van der Waals surface area (Å²) >= 11 is 0. The molecule has 132 valence electrons. The third-order valence-corrected chi connectivity index (χ3v) is 4.61. The van der Waals surface area contributed by atoms with E-state index in [4.69, 9.17) is 0 Å². The molecule has 1 fully saturated rings. The Morgan fingerprint density at radius 1 is 1.00 bits per heavy atom. The van der Waals surface area contributed by atoms with Crippen LogP contribution in [0.5, 0.6) is 5.75 Å². The van der Waals surface area contributed by atoms with E-state index in [0.717, 1.165) is 31.7 Å². The number of phenolic OH excluding ortho intramolecular Hbond substituents is 1. The number of carbonyl (C=O) groups excluding carboxylic acids is 1. The Hall–Kier alpha value is -2.37. The molecule has 0 aliphatic carbocycles. The quantitative estimate of drug-likeness (QED) is 0.907. The number of likely N-dealkylation sites (N-methyl/N-ethyl adjacent to an activating group) is 1. The number of anilines is 1. The fraction of sp³-hybridized carbons (Fsp3) is 0.350. The highest BCUT2D eigenvalue weighted by Gasteiger charge is 2.23. The Labute approximate surface area is 149 Å². The summed E-state index contributed by atoms with van der Waals surface area (Å²) in [6.45, 7) is 4.55. The van der Waals surface area contributed by atoms with Crippen molar-refractivity contribution in [1.29, 1.82) is 0 Å². The predicted octanol–water partition coefficient (Wildman–Crippen LogP) is 2.17. The molecule has 0 aromatic heterocycles. The van der Waals surface area contributed by atoms with Crippen molar-refractivity contribution in [3.05, 3.63) is 60.2 Å². The Bertz CT molecular complexity index is 697. The first kappa shape index (κ1) is 17.5. The van der Waals surface area contributed by atoms with Crippen LogP contribution in [0, 0.1) is 0 Å². The van der Waals surface area contributed by atoms with Gasteiger partial charge in [0.2, 0.25) is 5.91 Å². The van der Waals surface area contributed by atoms with E-state index in [1.165, 1.54) is 0 Å². The molecule has 1 heterocycles. The van der Waals surface area contributed by atoms with Crippen LogP contribution in [0.2, 0.25) is 0 Å². The summed E-state index contributed by atoms with van der Waals surface area (Å²) in [5, 5.41) is 10.2. The van der Waals surface area contributed by atoms with Crippen molar-refractivity contribution in [3.63, 3.8) is 0 Å². The van der Waals surface area contributed by atoms with E-state index in [0.29, 0.717) is 18.8 Å². The van der Waals surface area contributed by atoms with Gasteiger partial charge in [0.15, 0.2) is 0 Å². The maximum atomic E-state index is 13.0. The van der Waals surface area contributed by atoms with E-state index in [2.05, 4.69) is 16.8 Å². The number of aromatic hydroxyl groups is 1. The second-order valence-corrected chi connectivity index (χ2v) is 6.53. The van der Waals surface area contributed by atoms with Gasteiger partial charge < -0.3 is 14.9 Å². The lowest BCUT2D eigenvalue weighted by atomic mass is 10.1. The third-order valence-electron chi connectivity index (χ3n) is 4.61. The van der Waals surface area contributed by atoms with Gasteiger partial charge in [0, 0.05) is 26.2 Å². The molecule has 2 aromatic rings. The van der Waals surface area contributed by atoms with Crippen LogP contribution >= 0.6 is 0 Å². The Morgan fingerprint density at radius 2 is 1.64 bits per heavy atom. The minimum atomic E-state index is 0.00917. The molecule has 0 spiro atoms. The number of para-hydroxylation sites is 2. The molecule has 0 saturated carbocycles. The van der Waals surface area contributed by atoms with Gasteiger partial charge in [-0.05, 0) is 24.7 Å². The lowest BCUT2D eigenvalue weighted by Gasteiger charge is -2.33. The third kappa shape index (κ3) is 4.59. The lowest BCUT2D eigenvalue weighted by Crippen LogP contribution is -2.48. The van der Waals surface area contributed by atoms with Gasteiger partial charge in [0.05, 0.1) is 18.8 Å². The molecule has 3 rings (SSSR count). The molecule has 25 heavy (non-hydrogen) atoms. The number of hydrogen-bond acceptors (Lipinski definition) is 4. The molecule has 0 atom stereocenters. The van der Waals surface area contributed by atoms with Crippen molar-refractivity contribution < 1.29 is 9.90 Å². The summed E-state index contributed by atoms with van der Waals surface area (Å²) in [6.07, 6.45) is 0. The lowest BCUT2D eigenvalue weighted by molar-refractivity contribution is -0.120. The number of rotatable bonds is 5. The van der Waals surface area contributed by atoms with Crippen molar-refractivity contribution in [2.24, 2.45) is 0 Å². The summed E-state index contributed by atoms with van der Waals surface area (Å²) < 4.78 is 0. The summed E-state index contributed by atoms with van der Waals surface area (Å²) in [5.74, 6) is 0.139. The normalized spacial score (nSPS) is 15.9. The van der Waals surface area contributed by atoms with E-state index in [9.17, 15) is 9.90 Å². The van der Waals surface area contributed by atoms with Crippen LogP contribution in [0.4, 0.5) is 5.69 Å². The zero-order valence-electron chi connectivity index (χ0n) is 14.6. The summed E-state index contributed by atoms with van der Waals surface area (Å²) in [4.78, 5) is 19.1. The predicted molar refractivity (Wildman–Crippen MR) is 99.7 cm³/mol. The molecule has 1 aliphatic rings. The molecule has 1 aliphatic heterocycles. The number of amides is 1. The summed E-state index contributed by atoms with van der Waals surface area (Å²) in [7, 11) is 2.10. The molecule has 1 amide bonds. The maximum absolute atomic E-state index is 13.0. The van der Waals surface area contributed by atoms with E-state index < -0.39 is 0 Å². The minimum absolute atomic E-state index is 0.00917.